The van der Waals surface area contributed by atoms with Crippen molar-refractivity contribution in [2.45, 2.75) is 28.9 Å². The van der Waals surface area contributed by atoms with E-state index in [0.717, 1.165) is 29.8 Å². The van der Waals surface area contributed by atoms with Crippen LogP contribution in [0.25, 0.3) is 5.57 Å². The van der Waals surface area contributed by atoms with Gasteiger partial charge in [-0.05, 0) is 36.8 Å². The lowest BCUT2D eigenvalue weighted by Gasteiger charge is -2.39. The summed E-state index contributed by atoms with van der Waals surface area (Å²) in [4.78, 5) is 40.4. The number of halogens is 3. The van der Waals surface area contributed by atoms with Crippen molar-refractivity contribution in [3.8, 4) is 5.75 Å². The van der Waals surface area contributed by atoms with Crippen molar-refractivity contribution in [3.05, 3.63) is 60.2 Å². The number of nitrogens with zero attached hydrogens (tertiary/aromatic N) is 2. The first-order chi connectivity index (χ1) is 18.0. The number of esters is 1. The molecule has 0 aromatic heterocycles. The molecule has 12 heteroatoms. The first-order valence-electron chi connectivity index (χ1n) is 11.5. The van der Waals surface area contributed by atoms with Crippen molar-refractivity contribution in [3.63, 3.8) is 0 Å². The van der Waals surface area contributed by atoms with Gasteiger partial charge >= 0.3 is 18.2 Å². The third-order valence-electron chi connectivity index (χ3n) is 5.81. The molecule has 204 valence electrons. The summed E-state index contributed by atoms with van der Waals surface area (Å²) in [6.07, 6.45) is -5.40. The molecule has 0 aliphatic carbocycles. The second kappa shape index (κ2) is 12.2. The number of benzene rings is 2. The number of carbonyl (C=O) groups excluding carboxylic acids is 3. The zero-order valence-electron chi connectivity index (χ0n) is 21.0. The van der Waals surface area contributed by atoms with Crippen LogP contribution in [0, 0.1) is 0 Å². The minimum atomic E-state index is -4.72. The van der Waals surface area contributed by atoms with Gasteiger partial charge in [0.15, 0.2) is 0 Å². The number of carbonyl (C=O) groups is 3. The van der Waals surface area contributed by atoms with E-state index < -0.39 is 35.8 Å². The maximum absolute atomic E-state index is 14.1. The lowest BCUT2D eigenvalue weighted by molar-refractivity contribution is -0.153. The molecule has 0 bridgehead atoms. The first kappa shape index (κ1) is 28.9. The molecule has 1 saturated heterocycles. The molecule has 0 spiro atoms. The number of rotatable bonds is 7. The van der Waals surface area contributed by atoms with Gasteiger partial charge in [0.2, 0.25) is 0 Å². The van der Waals surface area contributed by atoms with E-state index in [-0.39, 0.29) is 35.7 Å². The highest BCUT2D eigenvalue weighted by Gasteiger charge is 2.40. The second-order valence-electron chi connectivity index (χ2n) is 8.12. The molecule has 0 radical (unpaired) electrons. The number of para-hydroxylation sites is 1. The summed E-state index contributed by atoms with van der Waals surface area (Å²) in [5, 5.41) is 0. The normalized spacial score (nSPS) is 15.6. The molecule has 38 heavy (non-hydrogen) atoms. The Kier molecular flexibility index (Phi) is 9.31. The van der Waals surface area contributed by atoms with Gasteiger partial charge in [0.25, 0.3) is 5.91 Å². The lowest BCUT2D eigenvalue weighted by Crippen LogP contribution is -2.59. The Morgan fingerprint density at radius 3 is 2.39 bits per heavy atom. The largest absolute Gasteiger partial charge is 0.493 e. The standard InChI is InChI=1S/C26H27F3N2O6S/c1-5-37-20-8-6-7-9-22(20)38-21-11-10-17(14-18(21)26(27,28)29)16(2)23(32)31-13-12-30(25(34)36-4)15-19(31)24(33)35-3/h6-11,14,19H,2,5,12-13,15H2,1,3-4H3. The Bertz CT molecular complexity index is 1220. The van der Waals surface area contributed by atoms with Crippen LogP contribution >= 0.6 is 11.8 Å². The molecule has 2 amide bonds. The van der Waals surface area contributed by atoms with Crippen LogP contribution < -0.4 is 4.74 Å². The molecular weight excluding hydrogens is 525 g/mol. The highest BCUT2D eigenvalue weighted by atomic mass is 32.2. The summed E-state index contributed by atoms with van der Waals surface area (Å²) in [6, 6.07) is 9.10. The fourth-order valence-corrected chi connectivity index (χ4v) is 4.94. The average molecular weight is 553 g/mol. The number of methoxy groups -OCH3 is 2. The molecule has 1 atom stereocenters. The monoisotopic (exact) mass is 552 g/mol. The lowest BCUT2D eigenvalue weighted by atomic mass is 10.0. The summed E-state index contributed by atoms with van der Waals surface area (Å²) in [6.45, 7) is 5.65. The van der Waals surface area contributed by atoms with Gasteiger partial charge < -0.3 is 24.0 Å². The molecule has 1 aliphatic heterocycles. The van der Waals surface area contributed by atoms with Gasteiger partial charge in [-0.15, -0.1) is 0 Å². The van der Waals surface area contributed by atoms with Crippen LogP contribution in [-0.2, 0) is 25.2 Å². The summed E-state index contributed by atoms with van der Waals surface area (Å²) in [5.74, 6) is -1.08. The van der Waals surface area contributed by atoms with Crippen molar-refractivity contribution in [2.75, 3.05) is 40.5 Å². The quantitative estimate of drug-likeness (QED) is 0.363. The highest BCUT2D eigenvalue weighted by molar-refractivity contribution is 7.99. The van der Waals surface area contributed by atoms with Crippen molar-refractivity contribution in [1.29, 1.82) is 0 Å². The molecule has 1 aliphatic rings. The highest BCUT2D eigenvalue weighted by Crippen LogP contribution is 2.43. The molecule has 3 rings (SSSR count). The maximum atomic E-state index is 14.1. The van der Waals surface area contributed by atoms with E-state index >= 15 is 0 Å². The number of hydrogen-bond donors (Lipinski definition) is 0. The van der Waals surface area contributed by atoms with E-state index in [1.165, 1.54) is 24.1 Å². The van der Waals surface area contributed by atoms with Crippen LogP contribution in [0.15, 0.2) is 58.8 Å². The molecule has 1 unspecified atom stereocenters. The number of alkyl halides is 3. The molecule has 1 heterocycles. The van der Waals surface area contributed by atoms with Gasteiger partial charge in [0.1, 0.15) is 11.8 Å². The predicted molar refractivity (Wildman–Crippen MR) is 134 cm³/mol. The minimum absolute atomic E-state index is 0.0521. The maximum Gasteiger partial charge on any atom is 0.417 e. The average Bonchev–Trinajstić information content (AvgIpc) is 2.91. The molecule has 2 aromatic rings. The van der Waals surface area contributed by atoms with Crippen molar-refractivity contribution < 1.29 is 41.8 Å². The van der Waals surface area contributed by atoms with Crippen LogP contribution in [0.3, 0.4) is 0 Å². The van der Waals surface area contributed by atoms with Gasteiger partial charge in [0, 0.05) is 23.6 Å². The van der Waals surface area contributed by atoms with Crippen LogP contribution in [0.2, 0.25) is 0 Å². The number of piperazine rings is 1. The first-order valence-corrected chi connectivity index (χ1v) is 12.3. The SMILES string of the molecule is C=C(C(=O)N1CCN(C(=O)OC)CC1C(=O)OC)c1ccc(Sc2ccccc2OCC)c(C(F)(F)F)c1. The fraction of sp³-hybridized carbons (Fsp3) is 0.346. The zero-order valence-corrected chi connectivity index (χ0v) is 21.9. The fourth-order valence-electron chi connectivity index (χ4n) is 3.91. The minimum Gasteiger partial charge on any atom is -0.493 e. The third kappa shape index (κ3) is 6.42. The molecule has 8 nitrogen and oxygen atoms in total. The number of hydrogen-bond acceptors (Lipinski definition) is 7. The predicted octanol–water partition coefficient (Wildman–Crippen LogP) is 4.72. The number of ether oxygens (including phenoxy) is 3. The summed E-state index contributed by atoms with van der Waals surface area (Å²) in [5.41, 5.74) is -1.23. The van der Waals surface area contributed by atoms with Crippen molar-refractivity contribution >= 4 is 35.3 Å². The molecule has 2 aromatic carbocycles. The Morgan fingerprint density at radius 1 is 1.05 bits per heavy atom. The van der Waals surface area contributed by atoms with Crippen molar-refractivity contribution in [1.82, 2.24) is 9.80 Å². The van der Waals surface area contributed by atoms with E-state index in [0.29, 0.717) is 17.3 Å². The second-order valence-corrected chi connectivity index (χ2v) is 9.21. The molecule has 0 N–H and O–H groups in total. The number of amides is 2. The Morgan fingerprint density at radius 2 is 1.76 bits per heavy atom. The summed E-state index contributed by atoms with van der Waals surface area (Å²) < 4.78 is 57.2. The smallest absolute Gasteiger partial charge is 0.417 e. The molecule has 1 fully saturated rings. The van der Waals surface area contributed by atoms with Gasteiger partial charge in [-0.1, -0.05) is 36.5 Å². The van der Waals surface area contributed by atoms with Crippen LogP contribution in [0.4, 0.5) is 18.0 Å². The van der Waals surface area contributed by atoms with Gasteiger partial charge in [-0.25, -0.2) is 9.59 Å². The van der Waals surface area contributed by atoms with E-state index in [4.69, 9.17) is 9.47 Å². The Balaban J connectivity index is 1.91. The zero-order chi connectivity index (χ0) is 28.0. The Labute approximate surface area is 222 Å². The van der Waals surface area contributed by atoms with E-state index in [1.807, 2.05) is 0 Å². The molecular formula is C26H27F3N2O6S. The van der Waals surface area contributed by atoms with Gasteiger partial charge in [-0.3, -0.25) is 4.79 Å². The van der Waals surface area contributed by atoms with Crippen LogP contribution in [-0.4, -0.2) is 74.3 Å². The van der Waals surface area contributed by atoms with Gasteiger partial charge in [0.05, 0.1) is 37.8 Å². The molecule has 0 saturated carbocycles. The summed E-state index contributed by atoms with van der Waals surface area (Å²) in [7, 11) is 2.32. The van der Waals surface area contributed by atoms with E-state index in [1.54, 1.807) is 31.2 Å². The van der Waals surface area contributed by atoms with Crippen LogP contribution in [0.1, 0.15) is 18.1 Å². The van der Waals surface area contributed by atoms with E-state index in [2.05, 4.69) is 11.3 Å². The van der Waals surface area contributed by atoms with Gasteiger partial charge in [-0.2, -0.15) is 13.2 Å². The van der Waals surface area contributed by atoms with Crippen molar-refractivity contribution in [2.24, 2.45) is 0 Å². The van der Waals surface area contributed by atoms with Crippen LogP contribution in [0.5, 0.6) is 5.75 Å². The Hall–Kier alpha value is -3.67. The third-order valence-corrected chi connectivity index (χ3v) is 6.94. The topological polar surface area (TPSA) is 85.4 Å². The van der Waals surface area contributed by atoms with E-state index in [9.17, 15) is 27.6 Å². The summed E-state index contributed by atoms with van der Waals surface area (Å²) >= 11 is 0.896.